The highest BCUT2D eigenvalue weighted by Gasteiger charge is 2.27. The van der Waals surface area contributed by atoms with Crippen molar-refractivity contribution in [3.05, 3.63) is 191 Å². The molecule has 0 aliphatic heterocycles. The number of aliphatic hydroxyl groups is 1. The van der Waals surface area contributed by atoms with E-state index in [-0.39, 0.29) is 44.8 Å². The Morgan fingerprint density at radius 1 is 0.430 bits per heavy atom. The van der Waals surface area contributed by atoms with E-state index in [0.717, 1.165) is 57.6 Å². The fourth-order valence-electron chi connectivity index (χ4n) is 8.55. The molecule has 0 heterocycles. The van der Waals surface area contributed by atoms with Crippen LogP contribution in [0.15, 0.2) is 158 Å². The van der Waals surface area contributed by atoms with Gasteiger partial charge in [-0.15, -0.1) is 0 Å². The van der Waals surface area contributed by atoms with E-state index in [1.807, 2.05) is 151 Å². The molecule has 6 aromatic rings. The summed E-state index contributed by atoms with van der Waals surface area (Å²) in [6.45, 7) is 28.3. The lowest BCUT2D eigenvalue weighted by atomic mass is 9.88. The minimum atomic E-state index is -0.801. The van der Waals surface area contributed by atoms with Crippen molar-refractivity contribution in [1.82, 2.24) is 10.2 Å². The second kappa shape index (κ2) is 32.3. The van der Waals surface area contributed by atoms with Crippen molar-refractivity contribution in [3.63, 3.8) is 0 Å². The average molecular weight is 1180 g/mol. The number of aliphatic hydroxyl groups excluding tert-OH is 1. The Balaban J connectivity index is 0.000000331. The maximum Gasteiger partial charge on any atom is 0.508 e. The van der Waals surface area contributed by atoms with E-state index < -0.39 is 34.3 Å². The Hall–Kier alpha value is -8.20. The topological polar surface area (TPSA) is 168 Å². The van der Waals surface area contributed by atoms with Crippen LogP contribution in [0.3, 0.4) is 0 Å². The zero-order chi connectivity index (χ0) is 63.1. The van der Waals surface area contributed by atoms with E-state index in [4.69, 9.17) is 38.3 Å². The fraction of sp³-hybridized carbons (Fsp3) is 0.389. The number of hydrogen-bond acceptors (Lipinski definition) is 13. The second-order valence-electron chi connectivity index (χ2n) is 24.5. The van der Waals surface area contributed by atoms with Crippen LogP contribution in [0.5, 0.6) is 23.0 Å². The Bertz CT molecular complexity index is 3140. The van der Waals surface area contributed by atoms with Crippen molar-refractivity contribution in [2.75, 3.05) is 52.6 Å². The second-order valence-corrected chi connectivity index (χ2v) is 24.5. The monoisotopic (exact) mass is 1170 g/mol. The lowest BCUT2D eigenvalue weighted by Crippen LogP contribution is -2.41. The van der Waals surface area contributed by atoms with Gasteiger partial charge in [0.2, 0.25) is 0 Å². The highest BCUT2D eigenvalue weighted by molar-refractivity contribution is 6.00. The molecule has 0 radical (unpaired) electrons. The van der Waals surface area contributed by atoms with Crippen LogP contribution in [0.25, 0.3) is 22.3 Å². The summed E-state index contributed by atoms with van der Waals surface area (Å²) in [4.78, 5) is 51.2. The predicted octanol–water partition coefficient (Wildman–Crippen LogP) is 15.5. The largest absolute Gasteiger partial charge is 0.508 e. The number of amides is 1. The molecule has 0 saturated carbocycles. The van der Waals surface area contributed by atoms with Crippen molar-refractivity contribution in [2.24, 2.45) is 10.8 Å². The highest BCUT2D eigenvalue weighted by Crippen LogP contribution is 2.38. The van der Waals surface area contributed by atoms with E-state index >= 15 is 0 Å². The van der Waals surface area contributed by atoms with E-state index in [1.165, 1.54) is 21.6 Å². The van der Waals surface area contributed by atoms with Gasteiger partial charge in [0.05, 0.1) is 30.5 Å². The number of carbonyl (C=O) groups is 4. The third-order valence-electron chi connectivity index (χ3n) is 12.9. The minimum Gasteiger partial charge on any atom is -0.492 e. The SMILES string of the molecule is CC/C(=C(/c1ccc(OCCN(CCOC(=O)OC(C)(C)C)C(=O)OC(C)(C)C)cc1)c1ccc(OC(=O)C(C)(C)C)cc1)c1ccccc1.CC/C(=C(/c1ccc(OCCNCCO)cc1)c1ccc(OC(=O)C(C)(C)C)cc1)c1ccccc1. The van der Waals surface area contributed by atoms with Crippen molar-refractivity contribution >= 4 is 46.5 Å². The molecular weight excluding hydrogens is 1080 g/mol. The van der Waals surface area contributed by atoms with Gasteiger partial charge in [-0.2, -0.15) is 0 Å². The van der Waals surface area contributed by atoms with Gasteiger partial charge >= 0.3 is 24.2 Å². The van der Waals surface area contributed by atoms with Crippen LogP contribution in [0.4, 0.5) is 9.59 Å². The van der Waals surface area contributed by atoms with Crippen LogP contribution >= 0.6 is 0 Å². The van der Waals surface area contributed by atoms with Gasteiger partial charge in [-0.1, -0.05) is 123 Å². The molecule has 0 aliphatic rings. The van der Waals surface area contributed by atoms with Crippen LogP contribution in [0.2, 0.25) is 0 Å². The van der Waals surface area contributed by atoms with Gasteiger partial charge in [0.25, 0.3) is 0 Å². The summed E-state index contributed by atoms with van der Waals surface area (Å²) in [5.74, 6) is 1.90. The van der Waals surface area contributed by atoms with Gasteiger partial charge in [-0.3, -0.25) is 9.59 Å². The molecule has 0 unspecified atom stereocenters. The first-order valence-electron chi connectivity index (χ1n) is 29.5. The van der Waals surface area contributed by atoms with E-state index in [2.05, 4.69) is 67.7 Å². The quantitative estimate of drug-likeness (QED) is 0.0269. The number of benzene rings is 6. The number of hydrogen-bond donors (Lipinski definition) is 2. The lowest BCUT2D eigenvalue weighted by Gasteiger charge is -2.27. The Morgan fingerprint density at radius 2 is 0.791 bits per heavy atom. The van der Waals surface area contributed by atoms with Gasteiger partial charge in [0.15, 0.2) is 0 Å². The number of nitrogens with zero attached hydrogens (tertiary/aromatic N) is 1. The molecule has 6 aromatic carbocycles. The van der Waals surface area contributed by atoms with Crippen LogP contribution in [0.1, 0.15) is 143 Å². The molecule has 86 heavy (non-hydrogen) atoms. The number of ether oxygens (including phenoxy) is 7. The molecule has 14 nitrogen and oxygen atoms in total. The first-order valence-corrected chi connectivity index (χ1v) is 29.5. The van der Waals surface area contributed by atoms with Crippen molar-refractivity contribution in [3.8, 4) is 23.0 Å². The molecule has 2 N–H and O–H groups in total. The number of allylic oxidation sites excluding steroid dienone is 2. The molecular formula is C72H90N2O12. The van der Waals surface area contributed by atoms with E-state index in [1.54, 1.807) is 41.5 Å². The van der Waals surface area contributed by atoms with Gasteiger partial charge < -0.3 is 48.5 Å². The lowest BCUT2D eigenvalue weighted by molar-refractivity contribution is -0.143. The Labute approximate surface area is 510 Å². The first kappa shape index (κ1) is 68.6. The number of rotatable bonds is 23. The maximum absolute atomic E-state index is 12.9. The van der Waals surface area contributed by atoms with Crippen molar-refractivity contribution in [2.45, 2.75) is 121 Å². The number of esters is 2. The molecule has 0 aromatic heterocycles. The summed E-state index contributed by atoms with van der Waals surface area (Å²) >= 11 is 0. The first-order chi connectivity index (χ1) is 40.7. The maximum atomic E-state index is 12.9. The van der Waals surface area contributed by atoms with Gasteiger partial charge in [-0.25, -0.2) is 9.59 Å². The van der Waals surface area contributed by atoms with Crippen LogP contribution in [-0.2, 0) is 23.8 Å². The smallest absolute Gasteiger partial charge is 0.492 e. The van der Waals surface area contributed by atoms with E-state index in [9.17, 15) is 19.2 Å². The zero-order valence-corrected chi connectivity index (χ0v) is 53.0. The van der Waals surface area contributed by atoms with Crippen LogP contribution in [0, 0.1) is 10.8 Å². The molecule has 0 atom stereocenters. The molecule has 1 amide bonds. The molecule has 0 spiro atoms. The summed E-state index contributed by atoms with van der Waals surface area (Å²) in [6, 6.07) is 51.9. The molecule has 14 heteroatoms. The van der Waals surface area contributed by atoms with Crippen molar-refractivity contribution < 1.29 is 57.4 Å². The third-order valence-corrected chi connectivity index (χ3v) is 12.9. The minimum absolute atomic E-state index is 0.0564. The Kier molecular flexibility index (Phi) is 25.8. The number of nitrogens with one attached hydrogen (secondary N) is 1. The van der Waals surface area contributed by atoms with Crippen LogP contribution < -0.4 is 24.3 Å². The predicted molar refractivity (Wildman–Crippen MR) is 342 cm³/mol. The highest BCUT2D eigenvalue weighted by atomic mass is 16.7. The third kappa shape index (κ3) is 22.7. The summed E-state index contributed by atoms with van der Waals surface area (Å²) in [5, 5.41) is 12.0. The average Bonchev–Trinajstić information content (AvgIpc) is 2.13. The summed E-state index contributed by atoms with van der Waals surface area (Å²) in [6.07, 6.45) is 0.307. The fourth-order valence-corrected chi connectivity index (χ4v) is 8.55. The molecule has 0 aliphatic carbocycles. The van der Waals surface area contributed by atoms with E-state index in [0.29, 0.717) is 36.9 Å². The standard InChI is InChI=1S/C41H53NO8.C31H37NO4/c1-11-34(29-15-13-12-14-16-29)35(31-19-23-33(24-20-31)48-36(43)39(2,3)4)30-17-21-32(22-18-30)46-27-25-42(37(44)49-40(5,6)7)26-28-47-38(45)50-41(8,9)10;1-5-28(23-9-7-6-8-10-23)29(24-11-15-26(16-12-24)35-22-20-32-19-21-33)25-13-17-27(18-14-25)36-30(34)31(2,3)4/h12-24H,11,25-28H2,1-10H3;6-18,32-33H,5,19-22H2,1-4H3/b35-34+;29-28+. The normalized spacial score (nSPS) is 12.3. The van der Waals surface area contributed by atoms with Gasteiger partial charge in [-0.05, 0) is 200 Å². The Morgan fingerprint density at radius 3 is 1.14 bits per heavy atom. The zero-order valence-electron chi connectivity index (χ0n) is 53.0. The number of carbonyl (C=O) groups excluding carboxylic acids is 4. The molecule has 0 bridgehead atoms. The molecule has 0 saturated heterocycles. The summed E-state index contributed by atoms with van der Waals surface area (Å²) in [5.41, 5.74) is 8.43. The van der Waals surface area contributed by atoms with Gasteiger partial charge in [0, 0.05) is 13.1 Å². The van der Waals surface area contributed by atoms with Gasteiger partial charge in [0.1, 0.15) is 54.0 Å². The molecule has 6 rings (SSSR count). The summed E-state index contributed by atoms with van der Waals surface area (Å²) in [7, 11) is 0. The van der Waals surface area contributed by atoms with Crippen LogP contribution in [-0.4, -0.2) is 98.0 Å². The summed E-state index contributed by atoms with van der Waals surface area (Å²) < 4.78 is 39.0. The van der Waals surface area contributed by atoms with Crippen molar-refractivity contribution in [1.29, 1.82) is 0 Å². The molecule has 0 fully saturated rings. The molecule has 460 valence electrons.